The van der Waals surface area contributed by atoms with E-state index in [9.17, 15) is 0 Å². The predicted octanol–water partition coefficient (Wildman–Crippen LogP) is 5.08. The first kappa shape index (κ1) is 15.6. The Balaban J connectivity index is 2.03. The van der Waals surface area contributed by atoms with E-state index in [0.29, 0.717) is 0 Å². The fourth-order valence-corrected chi connectivity index (χ4v) is 3.77. The number of hydrogen-bond acceptors (Lipinski definition) is 1. The number of benzene rings is 1. The van der Waals surface area contributed by atoms with Crippen molar-refractivity contribution >= 4 is 0 Å². The summed E-state index contributed by atoms with van der Waals surface area (Å²) in [6.07, 6.45) is 8.55. The van der Waals surface area contributed by atoms with Crippen LogP contribution in [-0.4, -0.2) is 24.5 Å². The summed E-state index contributed by atoms with van der Waals surface area (Å²) >= 11 is 0. The summed E-state index contributed by atoms with van der Waals surface area (Å²) < 4.78 is 0. The molecule has 1 aliphatic carbocycles. The second-order valence-corrected chi connectivity index (χ2v) is 6.23. The van der Waals surface area contributed by atoms with Crippen molar-refractivity contribution in [3.63, 3.8) is 0 Å². The Bertz CT molecular complexity index is 349. The average molecular weight is 273 g/mol. The van der Waals surface area contributed by atoms with Crippen LogP contribution in [0.25, 0.3) is 0 Å². The standard InChI is InChI=1S/C19H31N/c1-3-20(4-2)16-15-19(17-11-7-5-8-12-17)18-13-9-6-10-14-18/h5,7-8,11-12,18-19H,3-4,6,9-10,13-16H2,1-2H3. The molecule has 1 saturated carbocycles. The van der Waals surface area contributed by atoms with E-state index < -0.39 is 0 Å². The number of nitrogens with zero attached hydrogens (tertiary/aromatic N) is 1. The van der Waals surface area contributed by atoms with E-state index in [1.54, 1.807) is 5.56 Å². The maximum atomic E-state index is 2.57. The van der Waals surface area contributed by atoms with Gasteiger partial charge in [0.05, 0.1) is 0 Å². The summed E-state index contributed by atoms with van der Waals surface area (Å²) in [5.41, 5.74) is 1.58. The topological polar surface area (TPSA) is 3.24 Å². The van der Waals surface area contributed by atoms with Crippen LogP contribution in [0.4, 0.5) is 0 Å². The highest BCUT2D eigenvalue weighted by Gasteiger charge is 2.25. The monoisotopic (exact) mass is 273 g/mol. The molecule has 0 amide bonds. The molecule has 0 aliphatic heterocycles. The Labute approximate surface area is 125 Å². The third kappa shape index (κ3) is 4.34. The summed E-state index contributed by atoms with van der Waals surface area (Å²) in [6, 6.07) is 11.3. The third-order valence-electron chi connectivity index (χ3n) is 5.10. The van der Waals surface area contributed by atoms with Crippen LogP contribution in [0, 0.1) is 5.92 Å². The Morgan fingerprint density at radius 1 is 1.00 bits per heavy atom. The zero-order valence-electron chi connectivity index (χ0n) is 13.4. The molecule has 1 fully saturated rings. The van der Waals surface area contributed by atoms with Crippen LogP contribution in [0.15, 0.2) is 30.3 Å². The van der Waals surface area contributed by atoms with Gasteiger partial charge in [-0.2, -0.15) is 0 Å². The summed E-state index contributed by atoms with van der Waals surface area (Å²) in [7, 11) is 0. The largest absolute Gasteiger partial charge is 0.304 e. The van der Waals surface area contributed by atoms with Gasteiger partial charge in [0.1, 0.15) is 0 Å². The van der Waals surface area contributed by atoms with Crippen molar-refractivity contribution in [2.75, 3.05) is 19.6 Å². The van der Waals surface area contributed by atoms with E-state index >= 15 is 0 Å². The smallest absolute Gasteiger partial charge is 0.00130 e. The van der Waals surface area contributed by atoms with Gasteiger partial charge in [0, 0.05) is 0 Å². The molecule has 0 spiro atoms. The molecule has 1 nitrogen and oxygen atoms in total. The second kappa shape index (κ2) is 8.46. The zero-order chi connectivity index (χ0) is 14.2. The van der Waals surface area contributed by atoms with Crippen LogP contribution >= 0.6 is 0 Å². The molecular weight excluding hydrogens is 242 g/mol. The van der Waals surface area contributed by atoms with Crippen molar-refractivity contribution in [1.82, 2.24) is 4.90 Å². The Morgan fingerprint density at radius 3 is 2.25 bits per heavy atom. The van der Waals surface area contributed by atoms with Gasteiger partial charge in [0.25, 0.3) is 0 Å². The molecule has 1 aromatic carbocycles. The predicted molar refractivity (Wildman–Crippen MR) is 88.2 cm³/mol. The van der Waals surface area contributed by atoms with Gasteiger partial charge < -0.3 is 4.90 Å². The summed E-state index contributed by atoms with van der Waals surface area (Å²) in [5.74, 6) is 1.69. The van der Waals surface area contributed by atoms with Gasteiger partial charge in [-0.1, -0.05) is 63.4 Å². The van der Waals surface area contributed by atoms with Gasteiger partial charge >= 0.3 is 0 Å². The van der Waals surface area contributed by atoms with Gasteiger partial charge in [-0.3, -0.25) is 0 Å². The van der Waals surface area contributed by atoms with Crippen LogP contribution in [0.5, 0.6) is 0 Å². The van der Waals surface area contributed by atoms with Crippen molar-refractivity contribution in [3.8, 4) is 0 Å². The second-order valence-electron chi connectivity index (χ2n) is 6.23. The first-order chi connectivity index (χ1) is 9.85. The Morgan fingerprint density at radius 2 is 1.65 bits per heavy atom. The molecule has 2 rings (SSSR count). The molecule has 20 heavy (non-hydrogen) atoms. The molecule has 1 aromatic rings. The Kier molecular flexibility index (Phi) is 6.59. The Hall–Kier alpha value is -0.820. The molecule has 0 aromatic heterocycles. The van der Waals surface area contributed by atoms with Crippen LogP contribution in [0.2, 0.25) is 0 Å². The van der Waals surface area contributed by atoms with Crippen LogP contribution in [0.3, 0.4) is 0 Å². The molecule has 112 valence electrons. The minimum absolute atomic E-state index is 0.775. The molecule has 0 saturated heterocycles. The van der Waals surface area contributed by atoms with Gasteiger partial charge in [0.15, 0.2) is 0 Å². The molecule has 1 atom stereocenters. The molecule has 0 heterocycles. The maximum absolute atomic E-state index is 2.57. The lowest BCUT2D eigenvalue weighted by Crippen LogP contribution is -2.27. The average Bonchev–Trinajstić information content (AvgIpc) is 2.53. The quantitative estimate of drug-likeness (QED) is 0.669. The lowest BCUT2D eigenvalue weighted by Gasteiger charge is -2.32. The highest BCUT2D eigenvalue weighted by molar-refractivity contribution is 5.20. The molecule has 0 bridgehead atoms. The van der Waals surface area contributed by atoms with Gasteiger partial charge in [-0.15, -0.1) is 0 Å². The molecule has 1 aliphatic rings. The van der Waals surface area contributed by atoms with E-state index in [1.165, 1.54) is 58.2 Å². The van der Waals surface area contributed by atoms with E-state index in [4.69, 9.17) is 0 Å². The molecular formula is C19H31N. The highest BCUT2D eigenvalue weighted by Crippen LogP contribution is 2.38. The third-order valence-corrected chi connectivity index (χ3v) is 5.10. The van der Waals surface area contributed by atoms with Crippen molar-refractivity contribution in [1.29, 1.82) is 0 Å². The van der Waals surface area contributed by atoms with Gasteiger partial charge in [-0.25, -0.2) is 0 Å². The lowest BCUT2D eigenvalue weighted by atomic mass is 9.75. The van der Waals surface area contributed by atoms with Gasteiger partial charge in [0.2, 0.25) is 0 Å². The summed E-state index contributed by atoms with van der Waals surface area (Å²) in [4.78, 5) is 2.57. The molecule has 0 N–H and O–H groups in total. The summed E-state index contributed by atoms with van der Waals surface area (Å²) in [6.45, 7) is 8.18. The minimum atomic E-state index is 0.775. The lowest BCUT2D eigenvalue weighted by molar-refractivity contribution is 0.244. The summed E-state index contributed by atoms with van der Waals surface area (Å²) in [5, 5.41) is 0. The van der Waals surface area contributed by atoms with Crippen LogP contribution in [0.1, 0.15) is 63.9 Å². The fraction of sp³-hybridized carbons (Fsp3) is 0.684. The minimum Gasteiger partial charge on any atom is -0.304 e. The number of hydrogen-bond donors (Lipinski definition) is 0. The fourth-order valence-electron chi connectivity index (χ4n) is 3.77. The first-order valence-corrected chi connectivity index (χ1v) is 8.62. The molecule has 1 unspecified atom stereocenters. The van der Waals surface area contributed by atoms with Gasteiger partial charge in [-0.05, 0) is 56.3 Å². The van der Waals surface area contributed by atoms with E-state index in [0.717, 1.165) is 11.8 Å². The normalized spacial score (nSPS) is 18.4. The van der Waals surface area contributed by atoms with Crippen LogP contribution < -0.4 is 0 Å². The molecule has 1 heteroatoms. The first-order valence-electron chi connectivity index (χ1n) is 8.62. The van der Waals surface area contributed by atoms with E-state index in [2.05, 4.69) is 49.1 Å². The SMILES string of the molecule is CCN(CC)CCC(c1ccccc1)C1CCCCC1. The van der Waals surface area contributed by atoms with Crippen molar-refractivity contribution in [3.05, 3.63) is 35.9 Å². The maximum Gasteiger partial charge on any atom is -0.00130 e. The zero-order valence-corrected chi connectivity index (χ0v) is 13.4. The van der Waals surface area contributed by atoms with E-state index in [-0.39, 0.29) is 0 Å². The van der Waals surface area contributed by atoms with Crippen molar-refractivity contribution in [2.24, 2.45) is 5.92 Å². The highest BCUT2D eigenvalue weighted by atomic mass is 15.1. The van der Waals surface area contributed by atoms with E-state index in [1.807, 2.05) is 0 Å². The number of rotatable bonds is 7. The van der Waals surface area contributed by atoms with Crippen molar-refractivity contribution in [2.45, 2.75) is 58.3 Å². The van der Waals surface area contributed by atoms with Crippen molar-refractivity contribution < 1.29 is 0 Å². The van der Waals surface area contributed by atoms with Crippen LogP contribution in [-0.2, 0) is 0 Å². The molecule has 0 radical (unpaired) electrons.